The molecule has 3 unspecified atom stereocenters. The molecule has 3 aliphatic heterocycles. The summed E-state index contributed by atoms with van der Waals surface area (Å²) in [4.78, 5) is 44.7. The molecule has 192 valence electrons. The number of rotatable bonds is 10. The minimum Gasteiger partial charge on any atom is -0.466 e. The van der Waals surface area contributed by atoms with Gasteiger partial charge in [0.15, 0.2) is 0 Å². The molecule has 3 fully saturated rings. The lowest BCUT2D eigenvalue weighted by atomic mass is 9.62. The Morgan fingerprint density at radius 1 is 1.32 bits per heavy atom. The van der Waals surface area contributed by atoms with Gasteiger partial charge in [-0.15, -0.1) is 6.58 Å². The summed E-state index contributed by atoms with van der Waals surface area (Å²) >= 11 is 0. The van der Waals surface area contributed by atoms with Gasteiger partial charge in [0.2, 0.25) is 11.8 Å². The van der Waals surface area contributed by atoms with Crippen molar-refractivity contribution >= 4 is 17.8 Å². The summed E-state index contributed by atoms with van der Waals surface area (Å²) < 4.78 is 12.1. The van der Waals surface area contributed by atoms with Gasteiger partial charge in [-0.2, -0.15) is 0 Å². The zero-order valence-corrected chi connectivity index (χ0v) is 21.6. The number of ether oxygens (including phenoxy) is 2. The number of aliphatic hydroxyl groups is 1. The summed E-state index contributed by atoms with van der Waals surface area (Å²) in [6, 6.07) is -0.818. The van der Waals surface area contributed by atoms with Crippen LogP contribution in [0.5, 0.6) is 0 Å². The highest BCUT2D eigenvalue weighted by atomic mass is 16.6. The van der Waals surface area contributed by atoms with Crippen molar-refractivity contribution in [2.45, 2.75) is 90.0 Å². The van der Waals surface area contributed by atoms with Crippen molar-refractivity contribution in [1.29, 1.82) is 0 Å². The first kappa shape index (κ1) is 26.7. The Morgan fingerprint density at radius 3 is 2.56 bits per heavy atom. The molecule has 3 saturated heterocycles. The van der Waals surface area contributed by atoms with Crippen LogP contribution in [0.15, 0.2) is 12.7 Å². The number of carbonyl (C=O) groups excluding carboxylic acids is 3. The van der Waals surface area contributed by atoms with Crippen LogP contribution in [0.4, 0.5) is 0 Å². The molecule has 6 atom stereocenters. The number of aliphatic hydroxyl groups excluding tert-OH is 1. The Balaban J connectivity index is 2.09. The van der Waals surface area contributed by atoms with Crippen LogP contribution in [0.2, 0.25) is 0 Å². The summed E-state index contributed by atoms with van der Waals surface area (Å²) in [5.74, 6) is -2.31. The SMILES string of the molecule is C=CCN(C(=O)C1N(CCCCCO)C(=O)[C@@H]2[C@H](C(=O)OCC)[C@@]3(C)OC12CC3C)C(C)(C)C. The Hall–Kier alpha value is -1.93. The zero-order chi connectivity index (χ0) is 25.5. The predicted molar refractivity (Wildman–Crippen MR) is 128 cm³/mol. The van der Waals surface area contributed by atoms with Crippen molar-refractivity contribution < 1.29 is 29.0 Å². The third kappa shape index (κ3) is 4.06. The van der Waals surface area contributed by atoms with Crippen molar-refractivity contribution in [3.63, 3.8) is 0 Å². The van der Waals surface area contributed by atoms with E-state index in [1.807, 2.05) is 34.6 Å². The molecule has 34 heavy (non-hydrogen) atoms. The second-order valence-electron chi connectivity index (χ2n) is 11.2. The molecular weight excluding hydrogens is 436 g/mol. The van der Waals surface area contributed by atoms with E-state index in [-0.39, 0.29) is 30.9 Å². The molecule has 1 N–H and O–H groups in total. The topological polar surface area (TPSA) is 96.4 Å². The maximum absolute atomic E-state index is 14.2. The van der Waals surface area contributed by atoms with E-state index in [9.17, 15) is 14.4 Å². The van der Waals surface area contributed by atoms with E-state index in [0.717, 1.165) is 6.42 Å². The van der Waals surface area contributed by atoms with Gasteiger partial charge in [0.1, 0.15) is 17.6 Å². The van der Waals surface area contributed by atoms with Crippen LogP contribution in [-0.2, 0) is 23.9 Å². The number of hydrogen-bond donors (Lipinski definition) is 1. The predicted octanol–water partition coefficient (Wildman–Crippen LogP) is 2.54. The van der Waals surface area contributed by atoms with Gasteiger partial charge in [-0.1, -0.05) is 13.0 Å². The van der Waals surface area contributed by atoms with Crippen molar-refractivity contribution in [2.75, 3.05) is 26.3 Å². The van der Waals surface area contributed by atoms with Gasteiger partial charge < -0.3 is 24.4 Å². The fraction of sp³-hybridized carbons (Fsp3) is 0.808. The fourth-order valence-corrected chi connectivity index (χ4v) is 6.39. The summed E-state index contributed by atoms with van der Waals surface area (Å²) in [7, 11) is 0. The van der Waals surface area contributed by atoms with Crippen molar-refractivity contribution in [1.82, 2.24) is 9.80 Å². The third-order valence-corrected chi connectivity index (χ3v) is 8.03. The molecule has 0 aliphatic carbocycles. The molecule has 8 nitrogen and oxygen atoms in total. The average molecular weight is 479 g/mol. The van der Waals surface area contributed by atoms with Crippen LogP contribution in [-0.4, -0.2) is 81.8 Å². The number of amides is 2. The van der Waals surface area contributed by atoms with E-state index >= 15 is 0 Å². The number of likely N-dealkylation sites (tertiary alicyclic amines) is 1. The van der Waals surface area contributed by atoms with Gasteiger partial charge in [-0.25, -0.2) is 0 Å². The number of nitrogens with zero attached hydrogens (tertiary/aromatic N) is 2. The normalized spacial score (nSPS) is 34.3. The minimum atomic E-state index is -1.07. The molecule has 3 rings (SSSR count). The first-order chi connectivity index (χ1) is 15.9. The summed E-state index contributed by atoms with van der Waals surface area (Å²) in [6.07, 6.45) is 4.26. The Bertz CT molecular complexity index is 823. The van der Waals surface area contributed by atoms with Crippen LogP contribution >= 0.6 is 0 Å². The van der Waals surface area contributed by atoms with Gasteiger partial charge in [0.05, 0.1) is 18.1 Å². The molecule has 1 spiro atoms. The third-order valence-electron chi connectivity index (χ3n) is 8.03. The van der Waals surface area contributed by atoms with Gasteiger partial charge in [0.25, 0.3) is 0 Å². The molecule has 0 saturated carbocycles. The summed E-state index contributed by atoms with van der Waals surface area (Å²) in [5.41, 5.74) is -2.42. The number of hydrogen-bond acceptors (Lipinski definition) is 6. The number of fused-ring (bicyclic) bond motifs is 1. The second kappa shape index (κ2) is 9.61. The van der Waals surface area contributed by atoms with Gasteiger partial charge in [0, 0.05) is 25.2 Å². The van der Waals surface area contributed by atoms with Gasteiger partial charge in [-0.3, -0.25) is 14.4 Å². The standard InChI is InChI=1S/C26H42N2O6/c1-8-13-28(24(4,5)6)22(31)20-26-16-17(3)25(7,34-26)19(23(32)33-9-2)18(26)21(30)27(20)14-11-10-12-15-29/h8,17-20,29H,1,9-16H2,2-7H3/t17?,18-,19+,20?,25-,26?/m0/s1. The summed E-state index contributed by atoms with van der Waals surface area (Å²) in [6.45, 7) is 16.4. The van der Waals surface area contributed by atoms with E-state index in [2.05, 4.69) is 6.58 Å². The summed E-state index contributed by atoms with van der Waals surface area (Å²) in [5, 5.41) is 9.17. The number of esters is 1. The van der Waals surface area contributed by atoms with Crippen molar-refractivity contribution in [3.05, 3.63) is 12.7 Å². The molecule has 8 heteroatoms. The highest BCUT2D eigenvalue weighted by Crippen LogP contribution is 2.65. The smallest absolute Gasteiger partial charge is 0.312 e. The molecule has 3 heterocycles. The van der Waals surface area contributed by atoms with Crippen molar-refractivity contribution in [2.24, 2.45) is 17.8 Å². The van der Waals surface area contributed by atoms with E-state index in [4.69, 9.17) is 14.6 Å². The van der Waals surface area contributed by atoms with Crippen LogP contribution in [0.25, 0.3) is 0 Å². The highest BCUT2D eigenvalue weighted by Gasteiger charge is 2.80. The van der Waals surface area contributed by atoms with E-state index < -0.39 is 40.6 Å². The van der Waals surface area contributed by atoms with Crippen molar-refractivity contribution in [3.8, 4) is 0 Å². The average Bonchev–Trinajstić information content (AvgIpc) is 3.25. The first-order valence-corrected chi connectivity index (χ1v) is 12.6. The molecule has 0 aromatic rings. The van der Waals surface area contributed by atoms with Crippen LogP contribution in [0, 0.1) is 17.8 Å². The van der Waals surface area contributed by atoms with Crippen LogP contribution in [0.3, 0.4) is 0 Å². The molecule has 0 aromatic carbocycles. The Morgan fingerprint density at radius 2 is 2.00 bits per heavy atom. The lowest BCUT2D eigenvalue weighted by molar-refractivity contribution is -0.162. The van der Waals surface area contributed by atoms with E-state index in [1.54, 1.807) is 22.8 Å². The lowest BCUT2D eigenvalue weighted by Crippen LogP contribution is -2.60. The Kier molecular flexibility index (Phi) is 7.54. The quantitative estimate of drug-likeness (QED) is 0.294. The molecule has 3 aliphatic rings. The molecule has 0 aromatic heterocycles. The van der Waals surface area contributed by atoms with Crippen LogP contribution in [0.1, 0.15) is 67.2 Å². The molecule has 0 radical (unpaired) electrons. The van der Waals surface area contributed by atoms with Gasteiger partial charge in [-0.05, 0) is 66.2 Å². The largest absolute Gasteiger partial charge is 0.466 e. The van der Waals surface area contributed by atoms with Crippen LogP contribution < -0.4 is 0 Å². The maximum atomic E-state index is 14.2. The first-order valence-electron chi connectivity index (χ1n) is 12.6. The van der Waals surface area contributed by atoms with Gasteiger partial charge >= 0.3 is 5.97 Å². The monoisotopic (exact) mass is 478 g/mol. The highest BCUT2D eigenvalue weighted by molar-refractivity contribution is 5.98. The number of unbranched alkanes of at least 4 members (excludes halogenated alkanes) is 2. The number of carbonyl (C=O) groups is 3. The zero-order valence-electron chi connectivity index (χ0n) is 21.6. The lowest BCUT2D eigenvalue weighted by Gasteiger charge is -2.42. The fourth-order valence-electron chi connectivity index (χ4n) is 6.39. The van der Waals surface area contributed by atoms with E-state index in [0.29, 0.717) is 32.4 Å². The molecule has 2 bridgehead atoms. The maximum Gasteiger partial charge on any atom is 0.312 e. The minimum absolute atomic E-state index is 0.0157. The molecular formula is C26H42N2O6. The Labute approximate surface area is 203 Å². The molecule has 2 amide bonds. The second-order valence-corrected chi connectivity index (χ2v) is 11.2. The van der Waals surface area contributed by atoms with E-state index in [1.165, 1.54) is 0 Å².